The van der Waals surface area contributed by atoms with Crippen molar-refractivity contribution in [3.63, 3.8) is 0 Å². The second kappa shape index (κ2) is 3.24. The highest BCUT2D eigenvalue weighted by Crippen LogP contribution is 2.20. The summed E-state index contributed by atoms with van der Waals surface area (Å²) in [6, 6.07) is 0. The Morgan fingerprint density at radius 2 is 2.36 bits per heavy atom. The molecule has 3 nitrogen and oxygen atoms in total. The molecule has 1 aromatic heterocycles. The number of nitrogens with zero attached hydrogens (tertiary/aromatic N) is 1. The summed E-state index contributed by atoms with van der Waals surface area (Å²) >= 11 is 5.79. The Balaban J connectivity index is 2.79. The molecule has 0 amide bonds. The summed E-state index contributed by atoms with van der Waals surface area (Å²) in [5.41, 5.74) is 0.669. The molecular weight excluding hydrogens is 166 g/mol. The maximum absolute atomic E-state index is 8.99. The van der Waals surface area contributed by atoms with Gasteiger partial charge in [0, 0.05) is 6.42 Å². The van der Waals surface area contributed by atoms with Crippen LogP contribution in [-0.4, -0.2) is 16.4 Å². The van der Waals surface area contributed by atoms with Gasteiger partial charge in [0.15, 0.2) is 5.76 Å². The molecule has 62 valence electrons. The molecule has 1 heterocycles. The number of halogens is 1. The Bertz CT molecular complexity index is 245. The molecule has 0 saturated carbocycles. The minimum Gasteiger partial charge on any atom is -0.393 e. The highest BCUT2D eigenvalue weighted by molar-refractivity contribution is 6.31. The van der Waals surface area contributed by atoms with E-state index >= 15 is 0 Å². The van der Waals surface area contributed by atoms with Crippen LogP contribution in [0.15, 0.2) is 4.52 Å². The highest BCUT2D eigenvalue weighted by atomic mass is 35.5. The second-order valence-corrected chi connectivity index (χ2v) is 2.94. The van der Waals surface area contributed by atoms with Crippen LogP contribution in [0.5, 0.6) is 0 Å². The van der Waals surface area contributed by atoms with Gasteiger partial charge in [-0.2, -0.15) is 0 Å². The molecule has 11 heavy (non-hydrogen) atoms. The van der Waals surface area contributed by atoms with E-state index in [0.717, 1.165) is 0 Å². The van der Waals surface area contributed by atoms with E-state index in [2.05, 4.69) is 5.16 Å². The van der Waals surface area contributed by atoms with Gasteiger partial charge in [-0.3, -0.25) is 0 Å². The van der Waals surface area contributed by atoms with Crippen LogP contribution in [0.4, 0.5) is 0 Å². The Kier molecular flexibility index (Phi) is 2.52. The topological polar surface area (TPSA) is 46.3 Å². The number of hydrogen-bond donors (Lipinski definition) is 1. The van der Waals surface area contributed by atoms with Crippen molar-refractivity contribution in [2.24, 2.45) is 0 Å². The minimum absolute atomic E-state index is 0.416. The number of aliphatic hydroxyl groups is 1. The molecule has 0 aliphatic rings. The van der Waals surface area contributed by atoms with Gasteiger partial charge in [0.25, 0.3) is 0 Å². The molecule has 0 fully saturated rings. The van der Waals surface area contributed by atoms with Gasteiger partial charge in [-0.05, 0) is 13.8 Å². The van der Waals surface area contributed by atoms with Crippen molar-refractivity contribution >= 4 is 11.6 Å². The first kappa shape index (κ1) is 8.56. The molecule has 1 atom stereocenters. The van der Waals surface area contributed by atoms with Crippen molar-refractivity contribution < 1.29 is 9.63 Å². The van der Waals surface area contributed by atoms with E-state index < -0.39 is 6.10 Å². The summed E-state index contributed by atoms with van der Waals surface area (Å²) in [6.07, 6.45) is -0.0282. The maximum Gasteiger partial charge on any atom is 0.158 e. The van der Waals surface area contributed by atoms with Crippen molar-refractivity contribution in [2.45, 2.75) is 26.4 Å². The van der Waals surface area contributed by atoms with Gasteiger partial charge >= 0.3 is 0 Å². The summed E-state index contributed by atoms with van der Waals surface area (Å²) < 4.78 is 4.86. The van der Waals surface area contributed by atoms with Crippen LogP contribution in [0.2, 0.25) is 5.02 Å². The summed E-state index contributed by atoms with van der Waals surface area (Å²) in [5.74, 6) is 0.555. The number of hydrogen-bond acceptors (Lipinski definition) is 3. The van der Waals surface area contributed by atoms with Gasteiger partial charge in [-0.25, -0.2) is 0 Å². The van der Waals surface area contributed by atoms with Crippen LogP contribution in [0.1, 0.15) is 18.4 Å². The maximum atomic E-state index is 8.99. The van der Waals surface area contributed by atoms with Gasteiger partial charge in [-0.1, -0.05) is 16.8 Å². The number of rotatable bonds is 2. The molecule has 0 bridgehead atoms. The molecule has 0 radical (unpaired) electrons. The van der Waals surface area contributed by atoms with Crippen LogP contribution in [-0.2, 0) is 6.42 Å². The van der Waals surface area contributed by atoms with Crippen molar-refractivity contribution in [1.29, 1.82) is 0 Å². The van der Waals surface area contributed by atoms with E-state index in [-0.39, 0.29) is 0 Å². The smallest absolute Gasteiger partial charge is 0.158 e. The van der Waals surface area contributed by atoms with Gasteiger partial charge < -0.3 is 9.63 Å². The van der Waals surface area contributed by atoms with Crippen LogP contribution in [0.3, 0.4) is 0 Å². The zero-order chi connectivity index (χ0) is 8.43. The Hall–Kier alpha value is -0.540. The summed E-state index contributed by atoms with van der Waals surface area (Å²) in [4.78, 5) is 0. The van der Waals surface area contributed by atoms with Gasteiger partial charge in [0.05, 0.1) is 11.8 Å². The fourth-order valence-electron chi connectivity index (χ4n) is 0.801. The van der Waals surface area contributed by atoms with E-state index in [1.807, 2.05) is 0 Å². The molecule has 1 aromatic rings. The van der Waals surface area contributed by atoms with Crippen molar-refractivity contribution in [3.05, 3.63) is 16.5 Å². The third-order valence-corrected chi connectivity index (χ3v) is 1.82. The van der Waals surface area contributed by atoms with E-state index in [1.165, 1.54) is 0 Å². The van der Waals surface area contributed by atoms with Crippen LogP contribution in [0.25, 0.3) is 0 Å². The fourth-order valence-corrected chi connectivity index (χ4v) is 0.947. The first-order chi connectivity index (χ1) is 5.11. The van der Waals surface area contributed by atoms with Crippen molar-refractivity contribution in [1.82, 2.24) is 5.16 Å². The Labute approximate surface area is 70.0 Å². The molecule has 1 unspecified atom stereocenters. The molecule has 0 aliphatic heterocycles. The molecule has 4 heteroatoms. The van der Waals surface area contributed by atoms with Crippen molar-refractivity contribution in [2.75, 3.05) is 0 Å². The average Bonchev–Trinajstić information content (AvgIpc) is 2.18. The van der Waals surface area contributed by atoms with Gasteiger partial charge in [0.2, 0.25) is 0 Å². The summed E-state index contributed by atoms with van der Waals surface area (Å²) in [5, 5.41) is 13.2. The monoisotopic (exact) mass is 175 g/mol. The van der Waals surface area contributed by atoms with Gasteiger partial charge in [-0.15, -0.1) is 0 Å². The second-order valence-electron chi connectivity index (χ2n) is 2.56. The molecule has 0 saturated heterocycles. The first-order valence-corrected chi connectivity index (χ1v) is 3.77. The van der Waals surface area contributed by atoms with Crippen LogP contribution < -0.4 is 0 Å². The highest BCUT2D eigenvalue weighted by Gasteiger charge is 2.11. The lowest BCUT2D eigenvalue weighted by molar-refractivity contribution is 0.183. The largest absolute Gasteiger partial charge is 0.393 e. The third-order valence-electron chi connectivity index (χ3n) is 1.34. The lowest BCUT2D eigenvalue weighted by atomic mass is 10.2. The summed E-state index contributed by atoms with van der Waals surface area (Å²) in [6.45, 7) is 3.44. The van der Waals surface area contributed by atoms with Crippen molar-refractivity contribution in [3.8, 4) is 0 Å². The minimum atomic E-state index is -0.445. The van der Waals surface area contributed by atoms with E-state index in [4.69, 9.17) is 21.2 Å². The zero-order valence-corrected chi connectivity index (χ0v) is 7.22. The number of aromatic nitrogens is 1. The number of aryl methyl sites for hydroxylation is 1. The number of aliphatic hydroxyl groups excluding tert-OH is 1. The molecule has 1 rings (SSSR count). The first-order valence-electron chi connectivity index (χ1n) is 3.40. The quantitative estimate of drug-likeness (QED) is 0.742. The van der Waals surface area contributed by atoms with E-state index in [9.17, 15) is 0 Å². The fraction of sp³-hybridized carbons (Fsp3) is 0.571. The molecule has 0 aromatic carbocycles. The molecule has 1 N–H and O–H groups in total. The van der Waals surface area contributed by atoms with Gasteiger partial charge in [0.1, 0.15) is 5.02 Å². The molecular formula is C7H10ClNO2. The van der Waals surface area contributed by atoms with Crippen LogP contribution >= 0.6 is 11.6 Å². The Morgan fingerprint density at radius 3 is 2.73 bits per heavy atom. The lowest BCUT2D eigenvalue weighted by Gasteiger charge is -1.98. The SMILES string of the molecule is Cc1noc(CC(C)O)c1Cl. The molecule has 0 spiro atoms. The summed E-state index contributed by atoms with van der Waals surface area (Å²) in [7, 11) is 0. The Morgan fingerprint density at radius 1 is 1.73 bits per heavy atom. The predicted molar refractivity (Wildman–Crippen MR) is 41.6 cm³/mol. The molecule has 0 aliphatic carbocycles. The zero-order valence-electron chi connectivity index (χ0n) is 6.47. The normalized spacial score (nSPS) is 13.5. The average molecular weight is 176 g/mol. The van der Waals surface area contributed by atoms with E-state index in [1.54, 1.807) is 13.8 Å². The standard InChI is InChI=1S/C7H10ClNO2/c1-4(10)3-6-7(8)5(2)9-11-6/h4,10H,3H2,1-2H3. The lowest BCUT2D eigenvalue weighted by Crippen LogP contribution is -2.03. The van der Waals surface area contributed by atoms with Crippen LogP contribution in [0, 0.1) is 6.92 Å². The van der Waals surface area contributed by atoms with E-state index in [0.29, 0.717) is 22.9 Å². The third kappa shape index (κ3) is 1.94. The predicted octanol–water partition coefficient (Wildman–Crippen LogP) is 1.56.